The smallest absolute Gasteiger partial charge is 0.308 e. The minimum atomic E-state index is -0.881. The molecule has 1 fully saturated rings. The molecule has 2 unspecified atom stereocenters. The van der Waals surface area contributed by atoms with Gasteiger partial charge in [-0.15, -0.1) is 0 Å². The molecule has 0 saturated carbocycles. The van der Waals surface area contributed by atoms with Crippen molar-refractivity contribution >= 4 is 5.97 Å². The van der Waals surface area contributed by atoms with Crippen molar-refractivity contribution in [2.75, 3.05) is 19.8 Å². The summed E-state index contributed by atoms with van der Waals surface area (Å²) in [5.41, 5.74) is 0. The third kappa shape index (κ3) is 2.17. The molecule has 1 rings (SSSR count). The lowest BCUT2D eigenvalue weighted by Gasteiger charge is -2.26. The zero-order chi connectivity index (χ0) is 8.27. The lowest BCUT2D eigenvalue weighted by Crippen LogP contribution is -2.47. The van der Waals surface area contributed by atoms with E-state index in [1.165, 1.54) is 0 Å². The Hall–Kier alpha value is -0.610. The number of rotatable bonds is 2. The summed E-state index contributed by atoms with van der Waals surface area (Å²) in [6, 6.07) is -0.138. The second-order valence-electron chi connectivity index (χ2n) is 2.58. The van der Waals surface area contributed by atoms with Crippen LogP contribution in [-0.4, -0.2) is 36.9 Å². The molecule has 4 heteroatoms. The van der Waals surface area contributed by atoms with Gasteiger partial charge in [0, 0.05) is 12.6 Å². The van der Waals surface area contributed by atoms with Crippen molar-refractivity contribution in [2.45, 2.75) is 6.04 Å². The molecule has 0 aliphatic carbocycles. The van der Waals surface area contributed by atoms with Crippen LogP contribution in [0.2, 0.25) is 0 Å². The van der Waals surface area contributed by atoms with Crippen molar-refractivity contribution in [3.05, 3.63) is 6.92 Å². The molecule has 63 valence electrons. The van der Waals surface area contributed by atoms with E-state index in [4.69, 9.17) is 9.84 Å². The van der Waals surface area contributed by atoms with Gasteiger partial charge in [0.05, 0.1) is 19.1 Å². The van der Waals surface area contributed by atoms with E-state index in [9.17, 15) is 4.79 Å². The first-order chi connectivity index (χ1) is 5.22. The SMILES string of the molecule is [CH2]C(C(=O)O)C1COCCN1. The van der Waals surface area contributed by atoms with Crippen molar-refractivity contribution in [2.24, 2.45) is 5.92 Å². The van der Waals surface area contributed by atoms with Crippen LogP contribution in [-0.2, 0) is 9.53 Å². The number of carbonyl (C=O) groups is 1. The zero-order valence-electron chi connectivity index (χ0n) is 6.25. The van der Waals surface area contributed by atoms with Crippen LogP contribution >= 0.6 is 0 Å². The van der Waals surface area contributed by atoms with E-state index < -0.39 is 11.9 Å². The largest absolute Gasteiger partial charge is 0.481 e. The summed E-state index contributed by atoms with van der Waals surface area (Å²) in [5, 5.41) is 11.6. The normalized spacial score (nSPS) is 27.9. The second-order valence-corrected chi connectivity index (χ2v) is 2.58. The summed E-state index contributed by atoms with van der Waals surface area (Å²) < 4.78 is 5.09. The molecule has 1 radical (unpaired) electrons. The maximum atomic E-state index is 10.4. The summed E-state index contributed by atoms with van der Waals surface area (Å²) in [7, 11) is 0. The van der Waals surface area contributed by atoms with Crippen molar-refractivity contribution in [3.8, 4) is 0 Å². The van der Waals surface area contributed by atoms with Gasteiger partial charge in [-0.1, -0.05) is 0 Å². The quantitative estimate of drug-likeness (QED) is 0.569. The number of carboxylic acid groups (broad SMARTS) is 1. The van der Waals surface area contributed by atoms with Crippen LogP contribution < -0.4 is 5.32 Å². The van der Waals surface area contributed by atoms with Gasteiger partial charge >= 0.3 is 5.97 Å². The Balaban J connectivity index is 2.38. The number of ether oxygens (including phenoxy) is 1. The molecule has 0 aromatic rings. The number of nitrogens with one attached hydrogen (secondary N) is 1. The molecule has 1 aliphatic rings. The predicted octanol–water partition coefficient (Wildman–Crippen LogP) is -0.490. The van der Waals surface area contributed by atoms with Gasteiger partial charge in [-0.3, -0.25) is 4.79 Å². The molecular formula is C7H12NO3. The first-order valence-corrected chi connectivity index (χ1v) is 3.59. The van der Waals surface area contributed by atoms with Gasteiger partial charge in [0.2, 0.25) is 0 Å². The maximum absolute atomic E-state index is 10.4. The minimum absolute atomic E-state index is 0.138. The van der Waals surface area contributed by atoms with E-state index in [0.717, 1.165) is 0 Å². The standard InChI is InChI=1S/C7H12NO3/c1-5(7(9)10)6-4-11-3-2-8-6/h5-6,8H,1-4H2,(H,9,10). The Kier molecular flexibility index (Phi) is 2.84. The summed E-state index contributed by atoms with van der Waals surface area (Å²) in [4.78, 5) is 10.4. The summed E-state index contributed by atoms with van der Waals surface area (Å²) in [5.74, 6) is -1.50. The molecule has 0 aromatic carbocycles. The molecule has 1 saturated heterocycles. The van der Waals surface area contributed by atoms with E-state index in [0.29, 0.717) is 19.8 Å². The fourth-order valence-electron chi connectivity index (χ4n) is 1.02. The van der Waals surface area contributed by atoms with Crippen LogP contribution in [0.3, 0.4) is 0 Å². The highest BCUT2D eigenvalue weighted by Gasteiger charge is 2.25. The van der Waals surface area contributed by atoms with E-state index >= 15 is 0 Å². The monoisotopic (exact) mass is 158 g/mol. The molecule has 1 heterocycles. The van der Waals surface area contributed by atoms with Crippen molar-refractivity contribution in [1.82, 2.24) is 5.32 Å². The predicted molar refractivity (Wildman–Crippen MR) is 39.1 cm³/mol. The highest BCUT2D eigenvalue weighted by molar-refractivity contribution is 5.71. The molecule has 1 aliphatic heterocycles. The van der Waals surface area contributed by atoms with Gasteiger partial charge in [-0.05, 0) is 6.92 Å². The van der Waals surface area contributed by atoms with Crippen LogP contribution in [0, 0.1) is 12.8 Å². The number of morpholine rings is 1. The molecule has 0 bridgehead atoms. The van der Waals surface area contributed by atoms with Gasteiger partial charge < -0.3 is 15.2 Å². The van der Waals surface area contributed by atoms with Crippen molar-refractivity contribution < 1.29 is 14.6 Å². The lowest BCUT2D eigenvalue weighted by molar-refractivity contribution is -0.142. The van der Waals surface area contributed by atoms with Crippen LogP contribution in [0.15, 0.2) is 0 Å². The molecule has 4 nitrogen and oxygen atoms in total. The Bertz CT molecular complexity index is 143. The summed E-state index contributed by atoms with van der Waals surface area (Å²) in [6.07, 6.45) is 0. The van der Waals surface area contributed by atoms with Crippen LogP contribution in [0.1, 0.15) is 0 Å². The van der Waals surface area contributed by atoms with E-state index in [1.807, 2.05) is 0 Å². The fraction of sp³-hybridized carbons (Fsp3) is 0.714. The number of hydrogen-bond donors (Lipinski definition) is 2. The van der Waals surface area contributed by atoms with Gasteiger partial charge in [0.1, 0.15) is 0 Å². The van der Waals surface area contributed by atoms with Crippen LogP contribution in [0.4, 0.5) is 0 Å². The number of hydrogen-bond acceptors (Lipinski definition) is 3. The van der Waals surface area contributed by atoms with Gasteiger partial charge in [-0.25, -0.2) is 0 Å². The van der Waals surface area contributed by atoms with Crippen molar-refractivity contribution in [3.63, 3.8) is 0 Å². The van der Waals surface area contributed by atoms with E-state index in [-0.39, 0.29) is 6.04 Å². The number of aliphatic carboxylic acids is 1. The molecule has 2 N–H and O–H groups in total. The average molecular weight is 158 g/mol. The maximum Gasteiger partial charge on any atom is 0.308 e. The third-order valence-electron chi connectivity index (χ3n) is 1.75. The Morgan fingerprint density at radius 2 is 2.55 bits per heavy atom. The summed E-state index contributed by atoms with van der Waals surface area (Å²) >= 11 is 0. The highest BCUT2D eigenvalue weighted by Crippen LogP contribution is 2.05. The first kappa shape index (κ1) is 8.49. The number of carboxylic acids is 1. The summed E-state index contributed by atoms with van der Waals surface area (Å²) in [6.45, 7) is 5.33. The minimum Gasteiger partial charge on any atom is -0.481 e. The average Bonchev–Trinajstić information content (AvgIpc) is 2.05. The molecular weight excluding hydrogens is 146 g/mol. The van der Waals surface area contributed by atoms with Gasteiger partial charge in [0.15, 0.2) is 0 Å². The topological polar surface area (TPSA) is 58.6 Å². The molecule has 0 aromatic heterocycles. The van der Waals surface area contributed by atoms with Crippen LogP contribution in [0.5, 0.6) is 0 Å². The first-order valence-electron chi connectivity index (χ1n) is 3.59. The Morgan fingerprint density at radius 1 is 1.82 bits per heavy atom. The third-order valence-corrected chi connectivity index (χ3v) is 1.75. The van der Waals surface area contributed by atoms with Gasteiger partial charge in [-0.2, -0.15) is 0 Å². The second kappa shape index (κ2) is 3.69. The van der Waals surface area contributed by atoms with E-state index in [1.54, 1.807) is 0 Å². The highest BCUT2D eigenvalue weighted by atomic mass is 16.5. The lowest BCUT2D eigenvalue weighted by atomic mass is 10.0. The molecule has 11 heavy (non-hydrogen) atoms. The fourth-order valence-corrected chi connectivity index (χ4v) is 1.02. The Labute approximate surface area is 65.5 Å². The molecule has 2 atom stereocenters. The molecule has 0 amide bonds. The van der Waals surface area contributed by atoms with Gasteiger partial charge in [0.25, 0.3) is 0 Å². The molecule has 0 spiro atoms. The van der Waals surface area contributed by atoms with Crippen molar-refractivity contribution in [1.29, 1.82) is 0 Å². The van der Waals surface area contributed by atoms with Crippen LogP contribution in [0.25, 0.3) is 0 Å². The van der Waals surface area contributed by atoms with E-state index in [2.05, 4.69) is 12.2 Å². The zero-order valence-corrected chi connectivity index (χ0v) is 6.25. The Morgan fingerprint density at radius 3 is 3.00 bits per heavy atom.